The summed E-state index contributed by atoms with van der Waals surface area (Å²) in [5.41, 5.74) is 2.16. The van der Waals surface area contributed by atoms with Crippen LogP contribution in [0.3, 0.4) is 0 Å². The molecule has 1 unspecified atom stereocenters. The fourth-order valence-corrected chi connectivity index (χ4v) is 2.97. The number of likely N-dealkylation sites (N-methyl/N-ethyl adjacent to an activating group) is 1. The molecule has 2 rings (SSSR count). The minimum atomic E-state index is 0.640. The molecule has 1 aliphatic rings. The van der Waals surface area contributed by atoms with Gasteiger partial charge in [0.25, 0.3) is 0 Å². The van der Waals surface area contributed by atoms with E-state index >= 15 is 0 Å². The maximum Gasteiger partial charge on any atom is 0.0659 e. The van der Waals surface area contributed by atoms with Gasteiger partial charge in [0.05, 0.1) is 10.7 Å². The Morgan fingerprint density at radius 3 is 2.79 bits per heavy atom. The molecule has 1 N–H and O–H groups in total. The number of nitrogens with one attached hydrogen (secondary N) is 1. The highest BCUT2D eigenvalue weighted by Crippen LogP contribution is 2.27. The molecule has 1 heterocycles. The molecule has 1 atom stereocenters. The maximum atomic E-state index is 6.28. The van der Waals surface area contributed by atoms with Crippen LogP contribution in [0.15, 0.2) is 18.2 Å². The molecule has 1 saturated heterocycles. The van der Waals surface area contributed by atoms with Crippen LogP contribution in [-0.4, -0.2) is 45.2 Å². The van der Waals surface area contributed by atoms with E-state index in [4.69, 9.17) is 11.6 Å². The third kappa shape index (κ3) is 3.77. The molecule has 0 aliphatic carbocycles. The van der Waals surface area contributed by atoms with Gasteiger partial charge < -0.3 is 15.1 Å². The Hall–Kier alpha value is -0.930. The third-order valence-corrected chi connectivity index (χ3v) is 4.20. The molecule has 1 aromatic rings. The SMILES string of the molecule is CN(C)c1ccc(NCC2CCCCN2C)cc1Cl. The number of benzene rings is 1. The van der Waals surface area contributed by atoms with Crippen molar-refractivity contribution in [2.75, 3.05) is 44.4 Å². The fraction of sp³-hybridized carbons (Fsp3) is 0.600. The molecule has 4 heteroatoms. The van der Waals surface area contributed by atoms with Gasteiger partial charge >= 0.3 is 0 Å². The summed E-state index contributed by atoms with van der Waals surface area (Å²) in [6.45, 7) is 2.21. The zero-order valence-electron chi connectivity index (χ0n) is 12.1. The lowest BCUT2D eigenvalue weighted by Gasteiger charge is -2.32. The topological polar surface area (TPSA) is 18.5 Å². The van der Waals surface area contributed by atoms with Gasteiger partial charge in [0.2, 0.25) is 0 Å². The molecule has 3 nitrogen and oxygen atoms in total. The largest absolute Gasteiger partial charge is 0.383 e. The lowest BCUT2D eigenvalue weighted by atomic mass is 10.0. The fourth-order valence-electron chi connectivity index (χ4n) is 2.62. The standard InChI is InChI=1S/C15H24ClN3/c1-18(2)15-8-7-12(10-14(15)16)17-11-13-6-4-5-9-19(13)3/h7-8,10,13,17H,4-6,9,11H2,1-3H3. The van der Waals surface area contributed by atoms with Crippen molar-refractivity contribution in [1.82, 2.24) is 4.90 Å². The number of rotatable bonds is 4. The highest BCUT2D eigenvalue weighted by atomic mass is 35.5. The molecule has 1 fully saturated rings. The van der Waals surface area contributed by atoms with Crippen LogP contribution in [-0.2, 0) is 0 Å². The third-order valence-electron chi connectivity index (χ3n) is 3.89. The number of hydrogen-bond acceptors (Lipinski definition) is 3. The summed E-state index contributed by atoms with van der Waals surface area (Å²) in [5, 5.41) is 4.31. The molecule has 0 radical (unpaired) electrons. The molecule has 0 spiro atoms. The van der Waals surface area contributed by atoms with Crippen molar-refractivity contribution in [3.05, 3.63) is 23.2 Å². The first-order valence-corrected chi connectivity index (χ1v) is 7.36. The van der Waals surface area contributed by atoms with E-state index in [1.165, 1.54) is 25.8 Å². The van der Waals surface area contributed by atoms with Crippen molar-refractivity contribution in [1.29, 1.82) is 0 Å². The van der Waals surface area contributed by atoms with Gasteiger partial charge in [-0.05, 0) is 44.6 Å². The van der Waals surface area contributed by atoms with Crippen molar-refractivity contribution >= 4 is 23.0 Å². The lowest BCUT2D eigenvalue weighted by molar-refractivity contribution is 0.194. The van der Waals surface area contributed by atoms with Crippen LogP contribution < -0.4 is 10.2 Å². The second kappa shape index (κ2) is 6.49. The van der Waals surface area contributed by atoms with Gasteiger partial charge in [0, 0.05) is 32.4 Å². The summed E-state index contributed by atoms with van der Waals surface area (Å²) in [5.74, 6) is 0. The first-order chi connectivity index (χ1) is 9.08. The molecule has 1 aromatic carbocycles. The van der Waals surface area contributed by atoms with E-state index in [9.17, 15) is 0 Å². The van der Waals surface area contributed by atoms with E-state index in [1.807, 2.05) is 25.1 Å². The van der Waals surface area contributed by atoms with Gasteiger partial charge in [-0.15, -0.1) is 0 Å². The van der Waals surface area contributed by atoms with Crippen LogP contribution in [0.2, 0.25) is 5.02 Å². The Kier molecular flexibility index (Phi) is 4.94. The van der Waals surface area contributed by atoms with E-state index in [-0.39, 0.29) is 0 Å². The molecule has 0 saturated carbocycles. The Morgan fingerprint density at radius 2 is 2.16 bits per heavy atom. The zero-order chi connectivity index (χ0) is 13.8. The normalized spacial score (nSPS) is 20.3. The molecule has 0 amide bonds. The van der Waals surface area contributed by atoms with Crippen LogP contribution in [0, 0.1) is 0 Å². The van der Waals surface area contributed by atoms with E-state index < -0.39 is 0 Å². The Bertz CT molecular complexity index is 420. The highest BCUT2D eigenvalue weighted by molar-refractivity contribution is 6.33. The summed E-state index contributed by atoms with van der Waals surface area (Å²) >= 11 is 6.28. The monoisotopic (exact) mass is 281 g/mol. The summed E-state index contributed by atoms with van der Waals surface area (Å²) < 4.78 is 0. The zero-order valence-corrected chi connectivity index (χ0v) is 12.9. The minimum absolute atomic E-state index is 0.640. The van der Waals surface area contributed by atoms with E-state index in [1.54, 1.807) is 0 Å². The molecular formula is C15H24ClN3. The average Bonchev–Trinajstić information content (AvgIpc) is 2.37. The van der Waals surface area contributed by atoms with Crippen molar-refractivity contribution in [2.45, 2.75) is 25.3 Å². The van der Waals surface area contributed by atoms with Crippen molar-refractivity contribution < 1.29 is 0 Å². The maximum absolute atomic E-state index is 6.28. The molecule has 19 heavy (non-hydrogen) atoms. The van der Waals surface area contributed by atoms with Crippen molar-refractivity contribution in [3.8, 4) is 0 Å². The van der Waals surface area contributed by atoms with E-state index in [2.05, 4.69) is 29.4 Å². The first-order valence-electron chi connectivity index (χ1n) is 6.99. The van der Waals surface area contributed by atoms with Crippen LogP contribution in [0.5, 0.6) is 0 Å². The Balaban J connectivity index is 1.94. The van der Waals surface area contributed by atoms with Crippen LogP contribution in [0.25, 0.3) is 0 Å². The smallest absolute Gasteiger partial charge is 0.0659 e. The van der Waals surface area contributed by atoms with Crippen LogP contribution >= 0.6 is 11.6 Å². The molecular weight excluding hydrogens is 258 g/mol. The van der Waals surface area contributed by atoms with Gasteiger partial charge in [-0.25, -0.2) is 0 Å². The predicted octanol–water partition coefficient (Wildman–Crippen LogP) is 3.30. The number of hydrogen-bond donors (Lipinski definition) is 1. The van der Waals surface area contributed by atoms with Gasteiger partial charge in [-0.1, -0.05) is 18.0 Å². The number of likely N-dealkylation sites (tertiary alicyclic amines) is 1. The predicted molar refractivity (Wildman–Crippen MR) is 84.5 cm³/mol. The first kappa shape index (κ1) is 14.5. The Labute approximate surface area is 121 Å². The molecule has 1 aliphatic heterocycles. The van der Waals surface area contributed by atoms with Crippen molar-refractivity contribution in [3.63, 3.8) is 0 Å². The van der Waals surface area contributed by atoms with E-state index in [0.717, 1.165) is 22.9 Å². The van der Waals surface area contributed by atoms with Crippen LogP contribution in [0.4, 0.5) is 11.4 Å². The van der Waals surface area contributed by atoms with Gasteiger partial charge in [0.15, 0.2) is 0 Å². The second-order valence-electron chi connectivity index (χ2n) is 5.57. The van der Waals surface area contributed by atoms with Gasteiger partial charge in [-0.3, -0.25) is 0 Å². The van der Waals surface area contributed by atoms with Crippen molar-refractivity contribution in [2.24, 2.45) is 0 Å². The molecule has 0 aromatic heterocycles. The molecule has 0 bridgehead atoms. The summed E-state index contributed by atoms with van der Waals surface area (Å²) in [7, 11) is 6.23. The van der Waals surface area contributed by atoms with Gasteiger partial charge in [0.1, 0.15) is 0 Å². The van der Waals surface area contributed by atoms with Crippen LogP contribution in [0.1, 0.15) is 19.3 Å². The average molecular weight is 282 g/mol. The summed E-state index contributed by atoms with van der Waals surface area (Å²) in [4.78, 5) is 4.48. The molecule has 106 valence electrons. The summed E-state index contributed by atoms with van der Waals surface area (Å²) in [6, 6.07) is 6.82. The van der Waals surface area contributed by atoms with E-state index in [0.29, 0.717) is 6.04 Å². The quantitative estimate of drug-likeness (QED) is 0.914. The number of halogens is 1. The highest BCUT2D eigenvalue weighted by Gasteiger charge is 2.18. The number of piperidine rings is 1. The summed E-state index contributed by atoms with van der Waals surface area (Å²) in [6.07, 6.45) is 3.96. The minimum Gasteiger partial charge on any atom is -0.383 e. The van der Waals surface area contributed by atoms with Gasteiger partial charge in [-0.2, -0.15) is 0 Å². The lowest BCUT2D eigenvalue weighted by Crippen LogP contribution is -2.40. The second-order valence-corrected chi connectivity index (χ2v) is 5.98. The number of anilines is 2. The number of nitrogens with zero attached hydrogens (tertiary/aromatic N) is 2. The Morgan fingerprint density at radius 1 is 1.37 bits per heavy atom.